The summed E-state index contributed by atoms with van der Waals surface area (Å²) in [5, 5.41) is 14.7. The second-order valence-corrected chi connectivity index (χ2v) is 4.76. The molecule has 20 heavy (non-hydrogen) atoms. The Morgan fingerprint density at radius 3 is 3.00 bits per heavy atom. The molecular weight excluding hydrogens is 258 g/mol. The van der Waals surface area contributed by atoms with Gasteiger partial charge in [-0.05, 0) is 30.5 Å². The maximum absolute atomic E-state index is 11.4. The van der Waals surface area contributed by atoms with Crippen molar-refractivity contribution in [1.82, 2.24) is 0 Å². The molecular formula is C14H21N3O3. The van der Waals surface area contributed by atoms with Crippen LogP contribution in [0.25, 0.3) is 0 Å². The molecule has 6 heteroatoms. The Kier molecular flexibility index (Phi) is 5.20. The Morgan fingerprint density at radius 2 is 2.20 bits per heavy atom. The van der Waals surface area contributed by atoms with Gasteiger partial charge in [-0.15, -0.1) is 0 Å². The van der Waals surface area contributed by atoms with E-state index >= 15 is 0 Å². The lowest BCUT2D eigenvalue weighted by molar-refractivity contribution is -0.116. The minimum Gasteiger partial charge on any atom is -0.397 e. The van der Waals surface area contributed by atoms with Gasteiger partial charge in [-0.2, -0.15) is 0 Å². The summed E-state index contributed by atoms with van der Waals surface area (Å²) in [6, 6.07) is 3.80. The van der Waals surface area contributed by atoms with Crippen LogP contribution in [0.2, 0.25) is 0 Å². The van der Waals surface area contributed by atoms with E-state index in [0.717, 1.165) is 36.3 Å². The number of nitrogen functional groups attached to an aromatic ring is 1. The molecule has 0 spiro atoms. The van der Waals surface area contributed by atoms with E-state index in [4.69, 9.17) is 15.6 Å². The summed E-state index contributed by atoms with van der Waals surface area (Å²) in [4.78, 5) is 11.4. The van der Waals surface area contributed by atoms with E-state index in [9.17, 15) is 4.79 Å². The standard InChI is InChI=1S/C14H21N3O3/c15-11-8-10-2-3-14(19)17-12(10)9-13(11)16-4-1-6-20-7-5-18/h8-9,16,18H,1-7,15H2,(H,17,19). The number of aliphatic hydroxyl groups excluding tert-OH is 1. The highest BCUT2D eigenvalue weighted by molar-refractivity contribution is 5.95. The summed E-state index contributed by atoms with van der Waals surface area (Å²) in [6.45, 7) is 1.73. The lowest BCUT2D eigenvalue weighted by Gasteiger charge is -2.19. The van der Waals surface area contributed by atoms with Crippen LogP contribution in [0.1, 0.15) is 18.4 Å². The first-order valence-electron chi connectivity index (χ1n) is 6.85. The van der Waals surface area contributed by atoms with E-state index in [1.807, 2.05) is 12.1 Å². The van der Waals surface area contributed by atoms with Crippen LogP contribution in [-0.2, 0) is 16.0 Å². The second-order valence-electron chi connectivity index (χ2n) is 4.76. The fourth-order valence-corrected chi connectivity index (χ4v) is 2.16. The van der Waals surface area contributed by atoms with Crippen molar-refractivity contribution < 1.29 is 14.6 Å². The first kappa shape index (κ1) is 14.6. The summed E-state index contributed by atoms with van der Waals surface area (Å²) in [5.74, 6) is 0.0469. The number of rotatable bonds is 7. The number of nitrogens with one attached hydrogen (secondary N) is 2. The maximum Gasteiger partial charge on any atom is 0.224 e. The van der Waals surface area contributed by atoms with Crippen LogP contribution in [0.5, 0.6) is 0 Å². The molecule has 6 nitrogen and oxygen atoms in total. The third-order valence-electron chi connectivity index (χ3n) is 3.19. The van der Waals surface area contributed by atoms with E-state index in [1.165, 1.54) is 0 Å². The van der Waals surface area contributed by atoms with Gasteiger partial charge in [-0.1, -0.05) is 0 Å². The molecule has 0 aliphatic carbocycles. The monoisotopic (exact) mass is 279 g/mol. The van der Waals surface area contributed by atoms with Gasteiger partial charge >= 0.3 is 0 Å². The molecule has 1 aromatic rings. The van der Waals surface area contributed by atoms with Crippen LogP contribution in [0.3, 0.4) is 0 Å². The number of carbonyl (C=O) groups excluding carboxylic acids is 1. The number of benzene rings is 1. The van der Waals surface area contributed by atoms with Gasteiger partial charge in [0.1, 0.15) is 0 Å². The molecule has 110 valence electrons. The molecule has 5 N–H and O–H groups in total. The molecule has 0 aromatic heterocycles. The lowest BCUT2D eigenvalue weighted by Crippen LogP contribution is -2.19. The van der Waals surface area contributed by atoms with E-state index in [0.29, 0.717) is 25.3 Å². The first-order chi connectivity index (χ1) is 9.70. The van der Waals surface area contributed by atoms with E-state index in [-0.39, 0.29) is 12.5 Å². The summed E-state index contributed by atoms with van der Waals surface area (Å²) in [5.41, 5.74) is 9.44. The Morgan fingerprint density at radius 1 is 1.35 bits per heavy atom. The predicted octanol–water partition coefficient (Wildman–Crippen LogP) is 0.964. The number of aryl methyl sites for hydroxylation is 1. The molecule has 1 heterocycles. The topological polar surface area (TPSA) is 96.6 Å². The minimum atomic E-state index is 0.0465. The molecule has 0 saturated heterocycles. The number of aliphatic hydroxyl groups is 1. The number of ether oxygens (including phenoxy) is 1. The fraction of sp³-hybridized carbons (Fsp3) is 0.500. The van der Waals surface area contributed by atoms with Gasteiger partial charge in [0.05, 0.1) is 24.6 Å². The first-order valence-corrected chi connectivity index (χ1v) is 6.85. The van der Waals surface area contributed by atoms with Gasteiger partial charge in [0.15, 0.2) is 0 Å². The summed E-state index contributed by atoms with van der Waals surface area (Å²) >= 11 is 0. The van der Waals surface area contributed by atoms with Crippen LogP contribution >= 0.6 is 0 Å². The number of amides is 1. The van der Waals surface area contributed by atoms with Crippen molar-refractivity contribution in [1.29, 1.82) is 0 Å². The summed E-state index contributed by atoms with van der Waals surface area (Å²) in [6.07, 6.45) is 2.07. The zero-order valence-corrected chi connectivity index (χ0v) is 11.4. The molecule has 0 fully saturated rings. The number of nitrogens with two attached hydrogens (primary N) is 1. The number of hydrogen-bond acceptors (Lipinski definition) is 5. The van der Waals surface area contributed by atoms with Crippen LogP contribution in [0.4, 0.5) is 17.1 Å². The third-order valence-corrected chi connectivity index (χ3v) is 3.19. The average Bonchev–Trinajstić information content (AvgIpc) is 2.43. The molecule has 0 unspecified atom stereocenters. The molecule has 1 amide bonds. The highest BCUT2D eigenvalue weighted by Crippen LogP contribution is 2.30. The average molecular weight is 279 g/mol. The largest absolute Gasteiger partial charge is 0.397 e. The van der Waals surface area contributed by atoms with E-state index < -0.39 is 0 Å². The van der Waals surface area contributed by atoms with Crippen molar-refractivity contribution in [3.63, 3.8) is 0 Å². The predicted molar refractivity (Wildman–Crippen MR) is 78.8 cm³/mol. The van der Waals surface area contributed by atoms with Gasteiger partial charge in [-0.25, -0.2) is 0 Å². The zero-order chi connectivity index (χ0) is 14.4. The van der Waals surface area contributed by atoms with Crippen LogP contribution in [0, 0.1) is 0 Å². The maximum atomic E-state index is 11.4. The van der Waals surface area contributed by atoms with Crippen LogP contribution < -0.4 is 16.4 Å². The van der Waals surface area contributed by atoms with Crippen molar-refractivity contribution in [3.05, 3.63) is 17.7 Å². The normalized spacial score (nSPS) is 13.8. The number of hydrogen-bond donors (Lipinski definition) is 4. The van der Waals surface area contributed by atoms with Crippen LogP contribution in [-0.4, -0.2) is 37.4 Å². The second kappa shape index (κ2) is 7.12. The Bertz CT molecular complexity index is 477. The molecule has 1 aliphatic rings. The van der Waals surface area contributed by atoms with Crippen molar-refractivity contribution in [2.75, 3.05) is 42.7 Å². The Hall–Kier alpha value is -1.79. The van der Waals surface area contributed by atoms with Gasteiger partial charge in [0.25, 0.3) is 0 Å². The van der Waals surface area contributed by atoms with Crippen molar-refractivity contribution >= 4 is 23.0 Å². The van der Waals surface area contributed by atoms with E-state index in [2.05, 4.69) is 10.6 Å². The van der Waals surface area contributed by atoms with Gasteiger partial charge < -0.3 is 26.2 Å². The molecule has 2 rings (SSSR count). The van der Waals surface area contributed by atoms with Crippen LogP contribution in [0.15, 0.2) is 12.1 Å². The van der Waals surface area contributed by atoms with Gasteiger partial charge in [0.2, 0.25) is 5.91 Å². The molecule has 0 radical (unpaired) electrons. The number of fused-ring (bicyclic) bond motifs is 1. The van der Waals surface area contributed by atoms with Crippen molar-refractivity contribution in [2.45, 2.75) is 19.3 Å². The zero-order valence-electron chi connectivity index (χ0n) is 11.4. The quantitative estimate of drug-likeness (QED) is 0.440. The molecule has 0 atom stereocenters. The van der Waals surface area contributed by atoms with Crippen molar-refractivity contribution in [3.8, 4) is 0 Å². The molecule has 1 aliphatic heterocycles. The molecule has 1 aromatic carbocycles. The number of carbonyl (C=O) groups is 1. The SMILES string of the molecule is Nc1cc2c(cc1NCCCOCCO)NC(=O)CC2. The fourth-order valence-electron chi connectivity index (χ4n) is 2.16. The highest BCUT2D eigenvalue weighted by atomic mass is 16.5. The van der Waals surface area contributed by atoms with Gasteiger partial charge in [-0.3, -0.25) is 4.79 Å². The molecule has 0 bridgehead atoms. The highest BCUT2D eigenvalue weighted by Gasteiger charge is 2.16. The van der Waals surface area contributed by atoms with Crippen molar-refractivity contribution in [2.24, 2.45) is 0 Å². The summed E-state index contributed by atoms with van der Waals surface area (Å²) < 4.78 is 5.18. The lowest BCUT2D eigenvalue weighted by atomic mass is 10.0. The Balaban J connectivity index is 1.88. The molecule has 0 saturated carbocycles. The summed E-state index contributed by atoms with van der Waals surface area (Å²) in [7, 11) is 0. The van der Waals surface area contributed by atoms with Gasteiger partial charge in [0, 0.05) is 25.3 Å². The number of anilines is 3. The smallest absolute Gasteiger partial charge is 0.224 e. The Labute approximate surface area is 118 Å². The minimum absolute atomic E-state index is 0.0465. The van der Waals surface area contributed by atoms with E-state index in [1.54, 1.807) is 0 Å². The third kappa shape index (κ3) is 3.85.